The molecule has 0 aliphatic carbocycles. The Morgan fingerprint density at radius 1 is 0.905 bits per heavy atom. The Morgan fingerprint density at radius 2 is 1.48 bits per heavy atom. The first-order valence-electron chi connectivity index (χ1n) is 7.90. The molecule has 0 aliphatic rings. The van der Waals surface area contributed by atoms with Crippen LogP contribution in [0.5, 0.6) is 11.5 Å². The molecule has 0 saturated heterocycles. The van der Waals surface area contributed by atoms with Gasteiger partial charge in [-0.15, -0.1) is 0 Å². The molecule has 3 heteroatoms. The van der Waals surface area contributed by atoms with E-state index in [1.807, 2.05) is 12.1 Å². The Hall–Kier alpha value is -1.22. The fraction of sp³-hybridized carbons (Fsp3) is 0.667. The number of benzene rings is 1. The molecule has 1 N–H and O–H groups in total. The van der Waals surface area contributed by atoms with Crippen LogP contribution in [0.3, 0.4) is 0 Å². The van der Waals surface area contributed by atoms with Gasteiger partial charge in [0, 0.05) is 12.6 Å². The van der Waals surface area contributed by atoms with E-state index < -0.39 is 0 Å². The van der Waals surface area contributed by atoms with E-state index in [2.05, 4.69) is 39.1 Å². The maximum atomic E-state index is 5.36. The molecule has 0 saturated carbocycles. The second-order valence-corrected chi connectivity index (χ2v) is 6.53. The van der Waals surface area contributed by atoms with E-state index in [0.717, 1.165) is 18.0 Å². The average Bonchev–Trinajstić information content (AvgIpc) is 2.43. The molecule has 1 rings (SSSR count). The lowest BCUT2D eigenvalue weighted by Crippen LogP contribution is -2.31. The maximum Gasteiger partial charge on any atom is 0.161 e. The molecule has 0 radical (unpaired) electrons. The van der Waals surface area contributed by atoms with Crippen LogP contribution in [0.2, 0.25) is 0 Å². The van der Waals surface area contributed by atoms with Crippen LogP contribution in [0, 0.1) is 11.8 Å². The SMILES string of the molecule is COc1ccc(CNC(CC(C)C)CC(C)C)cc1OC. The first-order chi connectivity index (χ1) is 9.96. The molecule has 0 spiro atoms. The van der Waals surface area contributed by atoms with Crippen molar-refractivity contribution in [1.82, 2.24) is 5.32 Å². The van der Waals surface area contributed by atoms with E-state index in [-0.39, 0.29) is 0 Å². The van der Waals surface area contributed by atoms with Crippen LogP contribution in [0.25, 0.3) is 0 Å². The first-order valence-corrected chi connectivity index (χ1v) is 7.90. The van der Waals surface area contributed by atoms with Crippen molar-refractivity contribution in [2.75, 3.05) is 14.2 Å². The highest BCUT2D eigenvalue weighted by Gasteiger charge is 2.13. The van der Waals surface area contributed by atoms with Crippen LogP contribution < -0.4 is 14.8 Å². The molecule has 0 fully saturated rings. The van der Waals surface area contributed by atoms with Crippen molar-refractivity contribution in [1.29, 1.82) is 0 Å². The first kappa shape index (κ1) is 17.8. The summed E-state index contributed by atoms with van der Waals surface area (Å²) in [6.45, 7) is 10.00. The van der Waals surface area contributed by atoms with Gasteiger partial charge in [-0.3, -0.25) is 0 Å². The van der Waals surface area contributed by atoms with Gasteiger partial charge >= 0.3 is 0 Å². The highest BCUT2D eigenvalue weighted by molar-refractivity contribution is 5.42. The van der Waals surface area contributed by atoms with Crippen molar-refractivity contribution >= 4 is 0 Å². The minimum Gasteiger partial charge on any atom is -0.493 e. The highest BCUT2D eigenvalue weighted by Crippen LogP contribution is 2.27. The highest BCUT2D eigenvalue weighted by atomic mass is 16.5. The number of hydrogen-bond acceptors (Lipinski definition) is 3. The lowest BCUT2D eigenvalue weighted by Gasteiger charge is -2.23. The number of rotatable bonds is 9. The fourth-order valence-corrected chi connectivity index (χ4v) is 2.65. The van der Waals surface area contributed by atoms with Gasteiger partial charge in [0.2, 0.25) is 0 Å². The van der Waals surface area contributed by atoms with Gasteiger partial charge in [0.1, 0.15) is 0 Å². The zero-order valence-corrected chi connectivity index (χ0v) is 14.4. The summed E-state index contributed by atoms with van der Waals surface area (Å²) in [5.41, 5.74) is 1.23. The van der Waals surface area contributed by atoms with Crippen molar-refractivity contribution in [2.45, 2.75) is 53.1 Å². The van der Waals surface area contributed by atoms with Crippen LogP contribution >= 0.6 is 0 Å². The van der Waals surface area contributed by atoms with E-state index in [1.54, 1.807) is 14.2 Å². The van der Waals surface area contributed by atoms with Crippen molar-refractivity contribution in [3.8, 4) is 11.5 Å². The Balaban J connectivity index is 2.66. The third kappa shape index (κ3) is 6.38. The zero-order valence-electron chi connectivity index (χ0n) is 14.4. The molecular weight excluding hydrogens is 262 g/mol. The molecule has 0 amide bonds. The average molecular weight is 293 g/mol. The van der Waals surface area contributed by atoms with Crippen molar-refractivity contribution in [3.63, 3.8) is 0 Å². The van der Waals surface area contributed by atoms with Gasteiger partial charge in [-0.1, -0.05) is 33.8 Å². The molecule has 0 aromatic heterocycles. The predicted molar refractivity (Wildman–Crippen MR) is 89.1 cm³/mol. The number of methoxy groups -OCH3 is 2. The van der Waals surface area contributed by atoms with Gasteiger partial charge in [0.25, 0.3) is 0 Å². The number of nitrogens with one attached hydrogen (secondary N) is 1. The Morgan fingerprint density at radius 3 is 1.95 bits per heavy atom. The van der Waals surface area contributed by atoms with Crippen molar-refractivity contribution in [2.24, 2.45) is 11.8 Å². The van der Waals surface area contributed by atoms with Crippen molar-refractivity contribution in [3.05, 3.63) is 23.8 Å². The third-order valence-electron chi connectivity index (χ3n) is 3.55. The number of hydrogen-bond donors (Lipinski definition) is 1. The van der Waals surface area contributed by atoms with Gasteiger partial charge < -0.3 is 14.8 Å². The lowest BCUT2D eigenvalue weighted by molar-refractivity contribution is 0.350. The predicted octanol–water partition coefficient (Wildman–Crippen LogP) is 4.25. The van der Waals surface area contributed by atoms with Crippen LogP contribution in [0.15, 0.2) is 18.2 Å². The van der Waals surface area contributed by atoms with E-state index in [1.165, 1.54) is 18.4 Å². The molecular formula is C18H31NO2. The summed E-state index contributed by atoms with van der Waals surface area (Å²) in [5, 5.41) is 3.69. The number of ether oxygens (including phenoxy) is 2. The second kappa shape index (κ2) is 8.93. The fourth-order valence-electron chi connectivity index (χ4n) is 2.65. The molecule has 3 nitrogen and oxygen atoms in total. The second-order valence-electron chi connectivity index (χ2n) is 6.53. The molecule has 0 atom stereocenters. The van der Waals surface area contributed by atoms with E-state index in [0.29, 0.717) is 17.9 Å². The van der Waals surface area contributed by atoms with Gasteiger partial charge in [-0.25, -0.2) is 0 Å². The van der Waals surface area contributed by atoms with Gasteiger partial charge in [-0.05, 0) is 42.4 Å². The molecule has 21 heavy (non-hydrogen) atoms. The van der Waals surface area contributed by atoms with Crippen LogP contribution in [-0.2, 0) is 6.54 Å². The summed E-state index contributed by atoms with van der Waals surface area (Å²) in [6, 6.07) is 6.68. The molecule has 1 aromatic carbocycles. The molecule has 1 aromatic rings. The summed E-state index contributed by atoms with van der Waals surface area (Å²) >= 11 is 0. The van der Waals surface area contributed by atoms with E-state index in [9.17, 15) is 0 Å². The van der Waals surface area contributed by atoms with Gasteiger partial charge in [-0.2, -0.15) is 0 Å². The van der Waals surface area contributed by atoms with Crippen LogP contribution in [0.1, 0.15) is 46.1 Å². The van der Waals surface area contributed by atoms with Gasteiger partial charge in [0.15, 0.2) is 11.5 Å². The minimum atomic E-state index is 0.568. The van der Waals surface area contributed by atoms with Crippen molar-refractivity contribution < 1.29 is 9.47 Å². The maximum absolute atomic E-state index is 5.36. The van der Waals surface area contributed by atoms with Crippen LogP contribution in [0.4, 0.5) is 0 Å². The van der Waals surface area contributed by atoms with E-state index >= 15 is 0 Å². The largest absolute Gasteiger partial charge is 0.493 e. The Kier molecular flexibility index (Phi) is 7.58. The monoisotopic (exact) mass is 293 g/mol. The zero-order chi connectivity index (χ0) is 15.8. The molecule has 0 heterocycles. The lowest BCUT2D eigenvalue weighted by atomic mass is 9.95. The molecule has 120 valence electrons. The normalized spacial score (nSPS) is 11.5. The van der Waals surface area contributed by atoms with E-state index in [4.69, 9.17) is 9.47 Å². The molecule has 0 bridgehead atoms. The summed E-state index contributed by atoms with van der Waals surface area (Å²) < 4.78 is 10.6. The van der Waals surface area contributed by atoms with Crippen LogP contribution in [-0.4, -0.2) is 20.3 Å². The minimum absolute atomic E-state index is 0.568. The third-order valence-corrected chi connectivity index (χ3v) is 3.55. The quantitative estimate of drug-likeness (QED) is 0.738. The smallest absolute Gasteiger partial charge is 0.161 e. The topological polar surface area (TPSA) is 30.5 Å². The summed E-state index contributed by atoms with van der Waals surface area (Å²) in [4.78, 5) is 0. The Labute approximate surface area is 130 Å². The molecule has 0 aliphatic heterocycles. The van der Waals surface area contributed by atoms with Gasteiger partial charge in [0.05, 0.1) is 14.2 Å². The Bertz CT molecular complexity index is 406. The summed E-state index contributed by atoms with van der Waals surface area (Å²) in [6.07, 6.45) is 2.43. The standard InChI is InChI=1S/C18H31NO2/c1-13(2)9-16(10-14(3)4)19-12-15-7-8-17(20-5)18(11-15)21-6/h7-8,11,13-14,16,19H,9-10,12H2,1-6H3. The molecule has 0 unspecified atom stereocenters. The summed E-state index contributed by atoms with van der Waals surface area (Å²) in [7, 11) is 3.34. The summed E-state index contributed by atoms with van der Waals surface area (Å²) in [5.74, 6) is 3.00.